The van der Waals surface area contributed by atoms with E-state index in [9.17, 15) is 0 Å². The third-order valence-corrected chi connectivity index (χ3v) is 4.83. The minimum absolute atomic E-state index is 0.875. The van der Waals surface area contributed by atoms with Gasteiger partial charge in [0.25, 0.3) is 0 Å². The molecule has 0 bridgehead atoms. The summed E-state index contributed by atoms with van der Waals surface area (Å²) in [6.45, 7) is 8.05. The summed E-state index contributed by atoms with van der Waals surface area (Å²) < 4.78 is 0.875. The molecular weight excluding hydrogens is 278 g/mol. The van der Waals surface area contributed by atoms with Crippen LogP contribution in [0.25, 0.3) is 0 Å². The van der Waals surface area contributed by atoms with Crippen LogP contribution in [0.2, 0.25) is 4.34 Å². The number of nitrogens with zero attached hydrogens (tertiary/aromatic N) is 2. The molecule has 5 heteroatoms. The molecule has 0 spiro atoms. The molecule has 108 valence electrons. The molecule has 0 unspecified atom stereocenters. The summed E-state index contributed by atoms with van der Waals surface area (Å²) in [5, 5.41) is 3.47. The van der Waals surface area contributed by atoms with Gasteiger partial charge in [-0.05, 0) is 45.1 Å². The fraction of sp³-hybridized carbons (Fsp3) is 0.714. The Bertz CT molecular complexity index is 363. The van der Waals surface area contributed by atoms with Crippen molar-refractivity contribution in [3.8, 4) is 0 Å². The summed E-state index contributed by atoms with van der Waals surface area (Å²) in [5.41, 5.74) is 0. The molecule has 1 aromatic rings. The molecule has 1 aromatic heterocycles. The predicted molar refractivity (Wildman–Crippen MR) is 84.2 cm³/mol. The van der Waals surface area contributed by atoms with Crippen LogP contribution in [0.15, 0.2) is 12.1 Å². The number of hydrogen-bond donors (Lipinski definition) is 1. The summed E-state index contributed by atoms with van der Waals surface area (Å²) in [6.07, 6.45) is 2.77. The second-order valence-corrected chi connectivity index (χ2v) is 7.03. The Morgan fingerprint density at radius 3 is 2.79 bits per heavy atom. The van der Waals surface area contributed by atoms with Gasteiger partial charge in [0, 0.05) is 37.6 Å². The molecule has 0 atom stereocenters. The lowest BCUT2D eigenvalue weighted by molar-refractivity contribution is 0.257. The Labute approximate surface area is 125 Å². The van der Waals surface area contributed by atoms with Gasteiger partial charge >= 0.3 is 0 Å². The molecule has 1 fully saturated rings. The number of hydrogen-bond acceptors (Lipinski definition) is 4. The highest BCUT2D eigenvalue weighted by atomic mass is 35.5. The van der Waals surface area contributed by atoms with Crippen molar-refractivity contribution >= 4 is 22.9 Å². The molecule has 0 radical (unpaired) electrons. The highest BCUT2D eigenvalue weighted by Gasteiger charge is 2.11. The van der Waals surface area contributed by atoms with Gasteiger partial charge in [0.15, 0.2) is 0 Å². The van der Waals surface area contributed by atoms with E-state index < -0.39 is 0 Å². The van der Waals surface area contributed by atoms with Crippen molar-refractivity contribution in [2.24, 2.45) is 0 Å². The SMILES string of the molecule is CN(CCNCc1ccc(Cl)s1)CCN1CCCC1. The van der Waals surface area contributed by atoms with Crippen LogP contribution in [0.1, 0.15) is 17.7 Å². The molecule has 2 rings (SSSR count). The monoisotopic (exact) mass is 301 g/mol. The first-order valence-corrected chi connectivity index (χ1v) is 8.29. The van der Waals surface area contributed by atoms with Gasteiger partial charge in [-0.1, -0.05) is 11.6 Å². The average Bonchev–Trinajstić information content (AvgIpc) is 3.04. The van der Waals surface area contributed by atoms with E-state index in [1.807, 2.05) is 6.07 Å². The van der Waals surface area contributed by atoms with E-state index in [1.165, 1.54) is 43.9 Å². The zero-order valence-electron chi connectivity index (χ0n) is 11.7. The third kappa shape index (κ3) is 5.79. The lowest BCUT2D eigenvalue weighted by Crippen LogP contribution is -2.35. The van der Waals surface area contributed by atoms with Gasteiger partial charge in [-0.3, -0.25) is 0 Å². The first kappa shape index (κ1) is 15.3. The fourth-order valence-corrected chi connectivity index (χ4v) is 3.42. The molecule has 3 nitrogen and oxygen atoms in total. The van der Waals surface area contributed by atoms with Crippen molar-refractivity contribution in [3.63, 3.8) is 0 Å². The molecule has 1 N–H and O–H groups in total. The lowest BCUT2D eigenvalue weighted by atomic mass is 10.4. The average molecular weight is 302 g/mol. The second kappa shape index (κ2) is 8.22. The minimum atomic E-state index is 0.875. The van der Waals surface area contributed by atoms with E-state index in [2.05, 4.69) is 28.2 Å². The zero-order valence-corrected chi connectivity index (χ0v) is 13.3. The first-order valence-electron chi connectivity index (χ1n) is 7.10. The zero-order chi connectivity index (χ0) is 13.5. The number of nitrogens with one attached hydrogen (secondary N) is 1. The Morgan fingerprint density at radius 1 is 1.32 bits per heavy atom. The maximum Gasteiger partial charge on any atom is 0.0931 e. The van der Waals surface area contributed by atoms with Crippen molar-refractivity contribution in [1.82, 2.24) is 15.1 Å². The lowest BCUT2D eigenvalue weighted by Gasteiger charge is -2.21. The van der Waals surface area contributed by atoms with Crippen LogP contribution in [0.5, 0.6) is 0 Å². The van der Waals surface area contributed by atoms with Crippen molar-refractivity contribution in [3.05, 3.63) is 21.3 Å². The smallest absolute Gasteiger partial charge is 0.0931 e. The van der Waals surface area contributed by atoms with E-state index in [0.29, 0.717) is 0 Å². The van der Waals surface area contributed by atoms with Crippen LogP contribution >= 0.6 is 22.9 Å². The van der Waals surface area contributed by atoms with Crippen LogP contribution in [0.4, 0.5) is 0 Å². The van der Waals surface area contributed by atoms with Crippen LogP contribution in [-0.2, 0) is 6.54 Å². The van der Waals surface area contributed by atoms with Crippen LogP contribution in [0, 0.1) is 0 Å². The molecule has 19 heavy (non-hydrogen) atoms. The van der Waals surface area contributed by atoms with E-state index in [-0.39, 0.29) is 0 Å². The summed E-state index contributed by atoms with van der Waals surface area (Å²) in [7, 11) is 2.21. The normalized spacial score (nSPS) is 16.6. The summed E-state index contributed by atoms with van der Waals surface area (Å²) in [4.78, 5) is 6.29. The highest BCUT2D eigenvalue weighted by Crippen LogP contribution is 2.20. The number of halogens is 1. The van der Waals surface area contributed by atoms with Crippen LogP contribution < -0.4 is 5.32 Å². The van der Waals surface area contributed by atoms with Gasteiger partial charge in [0.05, 0.1) is 4.34 Å². The van der Waals surface area contributed by atoms with Gasteiger partial charge in [-0.15, -0.1) is 11.3 Å². The van der Waals surface area contributed by atoms with Crippen LogP contribution in [0.3, 0.4) is 0 Å². The van der Waals surface area contributed by atoms with Crippen molar-refractivity contribution in [1.29, 1.82) is 0 Å². The Balaban J connectivity index is 1.50. The summed E-state index contributed by atoms with van der Waals surface area (Å²) in [6, 6.07) is 4.06. The third-order valence-electron chi connectivity index (χ3n) is 3.60. The van der Waals surface area contributed by atoms with E-state index >= 15 is 0 Å². The Morgan fingerprint density at radius 2 is 2.11 bits per heavy atom. The first-order chi connectivity index (χ1) is 9.24. The minimum Gasteiger partial charge on any atom is -0.311 e. The fourth-order valence-electron chi connectivity index (χ4n) is 2.36. The molecule has 1 aliphatic rings. The van der Waals surface area contributed by atoms with Crippen LogP contribution in [-0.4, -0.2) is 56.1 Å². The van der Waals surface area contributed by atoms with E-state index in [1.54, 1.807) is 11.3 Å². The van der Waals surface area contributed by atoms with Gasteiger partial charge in [-0.25, -0.2) is 0 Å². The molecule has 0 aliphatic carbocycles. The molecule has 0 saturated carbocycles. The molecule has 1 saturated heterocycles. The van der Waals surface area contributed by atoms with Crippen molar-refractivity contribution in [2.45, 2.75) is 19.4 Å². The van der Waals surface area contributed by atoms with Crippen molar-refractivity contribution < 1.29 is 0 Å². The van der Waals surface area contributed by atoms with Gasteiger partial charge in [0.2, 0.25) is 0 Å². The highest BCUT2D eigenvalue weighted by molar-refractivity contribution is 7.16. The molecule has 2 heterocycles. The largest absolute Gasteiger partial charge is 0.311 e. The van der Waals surface area contributed by atoms with Gasteiger partial charge < -0.3 is 15.1 Å². The maximum absolute atomic E-state index is 5.90. The number of thiophene rings is 1. The predicted octanol–water partition coefficient (Wildman–Crippen LogP) is 2.52. The maximum atomic E-state index is 5.90. The van der Waals surface area contributed by atoms with Gasteiger partial charge in [0.1, 0.15) is 0 Å². The van der Waals surface area contributed by atoms with E-state index in [4.69, 9.17) is 11.6 Å². The molecule has 0 aromatic carbocycles. The number of likely N-dealkylation sites (N-methyl/N-ethyl adjacent to an activating group) is 1. The quantitative estimate of drug-likeness (QED) is 0.744. The van der Waals surface area contributed by atoms with Gasteiger partial charge in [-0.2, -0.15) is 0 Å². The Hall–Kier alpha value is -0.130. The molecule has 1 aliphatic heterocycles. The Kier molecular flexibility index (Phi) is 6.61. The number of rotatable bonds is 8. The van der Waals surface area contributed by atoms with E-state index in [0.717, 1.165) is 24.0 Å². The summed E-state index contributed by atoms with van der Waals surface area (Å²) >= 11 is 7.56. The topological polar surface area (TPSA) is 18.5 Å². The standard InChI is InChI=1S/C14H24ClN3S/c1-17(10-11-18-7-2-3-8-18)9-6-16-12-13-4-5-14(15)19-13/h4-5,16H,2-3,6-12H2,1H3. The summed E-state index contributed by atoms with van der Waals surface area (Å²) in [5.74, 6) is 0. The second-order valence-electron chi connectivity index (χ2n) is 5.23. The number of likely N-dealkylation sites (tertiary alicyclic amines) is 1. The van der Waals surface area contributed by atoms with Crippen molar-refractivity contribution in [2.75, 3.05) is 46.3 Å². The molecule has 0 amide bonds. The molecular formula is C14H24ClN3S.